The molecule has 0 saturated heterocycles. The van der Waals surface area contributed by atoms with E-state index >= 15 is 0 Å². The van der Waals surface area contributed by atoms with Crippen LogP contribution in [0, 0.1) is 0 Å². The molecule has 1 heterocycles. The molecule has 0 fully saturated rings. The van der Waals surface area contributed by atoms with Crippen LogP contribution in [0.5, 0.6) is 0 Å². The molecule has 0 bridgehead atoms. The standard InChI is InChI=1S/C2H2N2S.H2S/c1-3-4-2-5-1;/h1-2H;1H2. The molecule has 0 spiro atoms. The van der Waals surface area contributed by atoms with Crippen LogP contribution in [-0.4, -0.2) is 10.2 Å². The highest BCUT2D eigenvalue weighted by atomic mass is 32.1. The molecule has 0 unspecified atom stereocenters. The number of hydrogen-bond donors (Lipinski definition) is 0. The molecule has 6 heavy (non-hydrogen) atoms. The van der Waals surface area contributed by atoms with E-state index in [9.17, 15) is 0 Å². The molecule has 0 N–H and O–H groups in total. The van der Waals surface area contributed by atoms with E-state index in [1.54, 1.807) is 11.0 Å². The molecule has 0 radical (unpaired) electrons. The highest BCUT2D eigenvalue weighted by molar-refractivity contribution is 7.59. The Bertz CT molecular complexity index is 66.0. The molecular formula is C2H4N2S2. The summed E-state index contributed by atoms with van der Waals surface area (Å²) in [6, 6.07) is 0. The van der Waals surface area contributed by atoms with Gasteiger partial charge in [-0.25, -0.2) is 0 Å². The van der Waals surface area contributed by atoms with Crippen LogP contribution in [-0.2, 0) is 0 Å². The predicted octanol–water partition coefficient (Wildman–Crippen LogP) is 0.651. The number of rotatable bonds is 0. The van der Waals surface area contributed by atoms with Gasteiger partial charge >= 0.3 is 0 Å². The zero-order chi connectivity index (χ0) is 3.54. The van der Waals surface area contributed by atoms with E-state index in [2.05, 4.69) is 10.2 Å². The largest absolute Gasteiger partial charge is 0.197 e. The summed E-state index contributed by atoms with van der Waals surface area (Å²) in [5.41, 5.74) is 3.36. The van der Waals surface area contributed by atoms with Crippen LogP contribution in [0.1, 0.15) is 0 Å². The molecule has 1 rings (SSSR count). The summed E-state index contributed by atoms with van der Waals surface area (Å²) in [4.78, 5) is 0. The SMILES string of the molecule is S.c1nncs1. The van der Waals surface area contributed by atoms with Gasteiger partial charge in [-0.3, -0.25) is 0 Å². The van der Waals surface area contributed by atoms with E-state index in [1.165, 1.54) is 11.3 Å². The first-order chi connectivity index (χ1) is 2.50. The van der Waals surface area contributed by atoms with Crippen LogP contribution in [0.3, 0.4) is 0 Å². The van der Waals surface area contributed by atoms with Crippen molar-refractivity contribution in [2.75, 3.05) is 0 Å². The summed E-state index contributed by atoms with van der Waals surface area (Å²) in [5.74, 6) is 0. The fourth-order valence-corrected chi connectivity index (χ4v) is 0.408. The zero-order valence-electron chi connectivity index (χ0n) is 2.96. The van der Waals surface area contributed by atoms with Crippen molar-refractivity contribution in [3.8, 4) is 0 Å². The lowest BCUT2D eigenvalue weighted by Crippen LogP contribution is -1.53. The molecule has 0 aliphatic carbocycles. The lowest BCUT2D eigenvalue weighted by Gasteiger charge is -1.41. The van der Waals surface area contributed by atoms with Crippen molar-refractivity contribution in [1.82, 2.24) is 10.2 Å². The zero-order valence-corrected chi connectivity index (χ0v) is 4.77. The first kappa shape index (κ1) is 5.91. The Morgan fingerprint density at radius 3 is 1.83 bits per heavy atom. The second-order valence-corrected chi connectivity index (χ2v) is 1.27. The van der Waals surface area contributed by atoms with Gasteiger partial charge in [-0.15, -0.1) is 21.5 Å². The summed E-state index contributed by atoms with van der Waals surface area (Å²) in [5, 5.41) is 6.98. The van der Waals surface area contributed by atoms with E-state index in [0.29, 0.717) is 0 Å². The Morgan fingerprint density at radius 2 is 1.67 bits per heavy atom. The Morgan fingerprint density at radius 1 is 1.17 bits per heavy atom. The molecular weight excluding hydrogens is 116 g/mol. The highest BCUT2D eigenvalue weighted by Gasteiger charge is 1.60. The van der Waals surface area contributed by atoms with Crippen molar-refractivity contribution in [2.45, 2.75) is 0 Å². The normalized spacial score (nSPS) is 6.67. The van der Waals surface area contributed by atoms with Crippen LogP contribution >= 0.6 is 24.8 Å². The smallest absolute Gasteiger partial charge is 0.103 e. The van der Waals surface area contributed by atoms with Crippen molar-refractivity contribution in [3.63, 3.8) is 0 Å². The maximum Gasteiger partial charge on any atom is 0.103 e. The van der Waals surface area contributed by atoms with Crippen molar-refractivity contribution in [3.05, 3.63) is 11.0 Å². The summed E-state index contributed by atoms with van der Waals surface area (Å²) in [6.07, 6.45) is 0. The van der Waals surface area contributed by atoms with E-state index in [-0.39, 0.29) is 13.5 Å². The lowest BCUT2D eigenvalue weighted by atomic mass is 11.6. The Labute approximate surface area is 46.7 Å². The van der Waals surface area contributed by atoms with E-state index < -0.39 is 0 Å². The molecule has 0 saturated carbocycles. The van der Waals surface area contributed by atoms with Gasteiger partial charge < -0.3 is 0 Å². The fraction of sp³-hybridized carbons (Fsp3) is 0. The highest BCUT2D eigenvalue weighted by Crippen LogP contribution is 1.80. The molecule has 2 nitrogen and oxygen atoms in total. The molecule has 0 aliphatic heterocycles. The maximum absolute atomic E-state index is 3.49. The van der Waals surface area contributed by atoms with Crippen LogP contribution in [0.25, 0.3) is 0 Å². The number of aromatic nitrogens is 2. The minimum atomic E-state index is 0. The molecule has 1 aromatic heterocycles. The van der Waals surface area contributed by atoms with Crippen LogP contribution in [0.4, 0.5) is 0 Å². The summed E-state index contributed by atoms with van der Waals surface area (Å²) in [7, 11) is 0. The summed E-state index contributed by atoms with van der Waals surface area (Å²) >= 11 is 1.49. The topological polar surface area (TPSA) is 25.8 Å². The van der Waals surface area contributed by atoms with Gasteiger partial charge in [-0.1, -0.05) is 0 Å². The van der Waals surface area contributed by atoms with Gasteiger partial charge in [0.25, 0.3) is 0 Å². The van der Waals surface area contributed by atoms with Crippen molar-refractivity contribution in [2.24, 2.45) is 0 Å². The first-order valence-electron chi connectivity index (χ1n) is 1.19. The van der Waals surface area contributed by atoms with Gasteiger partial charge in [-0.05, 0) is 0 Å². The quantitative estimate of drug-likeness (QED) is 0.502. The average Bonchev–Trinajstić information content (AvgIpc) is 1.76. The van der Waals surface area contributed by atoms with Crippen molar-refractivity contribution in [1.29, 1.82) is 0 Å². The van der Waals surface area contributed by atoms with Crippen molar-refractivity contribution < 1.29 is 0 Å². The molecule has 0 aliphatic rings. The average molecular weight is 120 g/mol. The molecule has 0 atom stereocenters. The van der Waals surface area contributed by atoms with Crippen LogP contribution in [0.15, 0.2) is 11.0 Å². The maximum atomic E-state index is 3.49. The monoisotopic (exact) mass is 120 g/mol. The minimum Gasteiger partial charge on any atom is -0.197 e. The Kier molecular flexibility index (Phi) is 3.07. The summed E-state index contributed by atoms with van der Waals surface area (Å²) in [6.45, 7) is 0. The minimum absolute atomic E-state index is 0. The van der Waals surface area contributed by atoms with Gasteiger partial charge in [0.1, 0.15) is 11.0 Å². The molecule has 4 heteroatoms. The van der Waals surface area contributed by atoms with E-state index in [1.807, 2.05) is 0 Å². The Hall–Kier alpha value is -0.0900. The predicted molar refractivity (Wildman–Crippen MR) is 30.3 cm³/mol. The van der Waals surface area contributed by atoms with E-state index in [4.69, 9.17) is 0 Å². The van der Waals surface area contributed by atoms with Gasteiger partial charge in [0.2, 0.25) is 0 Å². The summed E-state index contributed by atoms with van der Waals surface area (Å²) < 4.78 is 0. The number of nitrogens with zero attached hydrogens (tertiary/aromatic N) is 2. The third-order valence-corrected chi connectivity index (χ3v) is 0.715. The van der Waals surface area contributed by atoms with Gasteiger partial charge in [0.05, 0.1) is 0 Å². The third kappa shape index (κ3) is 1.37. The van der Waals surface area contributed by atoms with Gasteiger partial charge in [0.15, 0.2) is 0 Å². The van der Waals surface area contributed by atoms with Crippen LogP contribution in [0.2, 0.25) is 0 Å². The fourth-order valence-electron chi connectivity index (χ4n) is 0.136. The van der Waals surface area contributed by atoms with Crippen LogP contribution < -0.4 is 0 Å². The Balaban J connectivity index is 0.000000250. The second kappa shape index (κ2) is 3.11. The lowest BCUT2D eigenvalue weighted by molar-refractivity contribution is 1.09. The molecule has 1 aromatic rings. The van der Waals surface area contributed by atoms with Gasteiger partial charge in [-0.2, -0.15) is 13.5 Å². The third-order valence-electron chi connectivity index (χ3n) is 0.283. The molecule has 0 amide bonds. The van der Waals surface area contributed by atoms with Gasteiger partial charge in [0, 0.05) is 0 Å². The first-order valence-corrected chi connectivity index (χ1v) is 2.13. The van der Waals surface area contributed by atoms with E-state index in [0.717, 1.165) is 0 Å². The second-order valence-electron chi connectivity index (χ2n) is 0.578. The number of hydrogen-bond acceptors (Lipinski definition) is 3. The molecule has 0 aromatic carbocycles. The molecule has 34 valence electrons. The van der Waals surface area contributed by atoms with Crippen molar-refractivity contribution >= 4 is 24.8 Å².